The largest absolute Gasteiger partial charge is 0.454 e. The van der Waals surface area contributed by atoms with E-state index < -0.39 is 0 Å². The lowest BCUT2D eigenvalue weighted by Gasteiger charge is -2.28. The fraction of sp³-hybridized carbons (Fsp3) is 0. The van der Waals surface area contributed by atoms with E-state index in [4.69, 9.17) is 4.74 Å². The normalized spacial score (nSPS) is 11.5. The molecular weight excluding hydrogens is 727 g/mol. The molecule has 1 aliphatic heterocycles. The van der Waals surface area contributed by atoms with E-state index in [-0.39, 0.29) is 0 Å². The van der Waals surface area contributed by atoms with Crippen LogP contribution < -0.4 is 9.64 Å². The molecule has 0 radical (unpaired) electrons. The van der Waals surface area contributed by atoms with Crippen LogP contribution in [0.4, 0.5) is 17.1 Å². The Morgan fingerprint density at radius 1 is 0.267 bits per heavy atom. The second kappa shape index (κ2) is 15.1. The van der Waals surface area contributed by atoms with Crippen LogP contribution in [-0.4, -0.2) is 0 Å². The van der Waals surface area contributed by atoms with Crippen LogP contribution >= 0.6 is 0 Å². The van der Waals surface area contributed by atoms with Gasteiger partial charge in [-0.3, -0.25) is 0 Å². The molecular formula is C58H39NO. The monoisotopic (exact) mass is 765 g/mol. The molecule has 2 nitrogen and oxygen atoms in total. The van der Waals surface area contributed by atoms with E-state index in [0.29, 0.717) is 0 Å². The van der Waals surface area contributed by atoms with Gasteiger partial charge in [0.05, 0.1) is 5.69 Å². The maximum atomic E-state index is 7.32. The molecule has 0 N–H and O–H groups in total. The van der Waals surface area contributed by atoms with Gasteiger partial charge < -0.3 is 9.64 Å². The van der Waals surface area contributed by atoms with Crippen LogP contribution in [0.1, 0.15) is 0 Å². The lowest BCUT2D eigenvalue weighted by atomic mass is 9.90. The smallest absolute Gasteiger partial charge is 0.159 e. The third-order valence-corrected chi connectivity index (χ3v) is 11.7. The summed E-state index contributed by atoms with van der Waals surface area (Å²) in [6.07, 6.45) is 0. The highest BCUT2D eigenvalue weighted by Crippen LogP contribution is 2.54. The fourth-order valence-electron chi connectivity index (χ4n) is 8.61. The Morgan fingerprint density at radius 3 is 1.17 bits per heavy atom. The number of ether oxygens (including phenoxy) is 1. The van der Waals surface area contributed by atoms with Gasteiger partial charge in [-0.05, 0) is 121 Å². The van der Waals surface area contributed by atoms with E-state index in [9.17, 15) is 0 Å². The average molecular weight is 766 g/mol. The van der Waals surface area contributed by atoms with Crippen molar-refractivity contribution >= 4 is 27.8 Å². The zero-order valence-corrected chi connectivity index (χ0v) is 32.9. The van der Waals surface area contributed by atoms with E-state index in [0.717, 1.165) is 67.5 Å². The third kappa shape index (κ3) is 6.51. The maximum Gasteiger partial charge on any atom is 0.159 e. The number of para-hydroxylation sites is 1. The Morgan fingerprint density at radius 2 is 0.667 bits per heavy atom. The second-order valence-corrected chi connectivity index (χ2v) is 15.3. The van der Waals surface area contributed by atoms with Gasteiger partial charge in [-0.2, -0.15) is 0 Å². The molecule has 282 valence electrons. The Balaban J connectivity index is 1.08. The van der Waals surface area contributed by atoms with Gasteiger partial charge in [-0.25, -0.2) is 0 Å². The average Bonchev–Trinajstić information content (AvgIpc) is 3.46. The molecule has 0 aromatic heterocycles. The molecule has 0 fully saturated rings. The zero-order chi connectivity index (χ0) is 39.8. The summed E-state index contributed by atoms with van der Waals surface area (Å²) in [5, 5.41) is 2.39. The highest BCUT2D eigenvalue weighted by Gasteiger charge is 2.27. The first-order chi connectivity index (χ1) is 29.7. The van der Waals surface area contributed by atoms with Crippen LogP contribution in [-0.2, 0) is 0 Å². The Labute approximate surface area is 350 Å². The molecule has 0 saturated carbocycles. The van der Waals surface area contributed by atoms with Crippen molar-refractivity contribution in [3.05, 3.63) is 237 Å². The number of hydrogen-bond donors (Lipinski definition) is 0. The van der Waals surface area contributed by atoms with Crippen molar-refractivity contribution in [3.63, 3.8) is 0 Å². The van der Waals surface area contributed by atoms with Crippen LogP contribution in [0.2, 0.25) is 0 Å². The number of benzene rings is 10. The van der Waals surface area contributed by atoms with Gasteiger partial charge >= 0.3 is 0 Å². The first kappa shape index (κ1) is 35.2. The van der Waals surface area contributed by atoms with Crippen LogP contribution in [0, 0.1) is 0 Å². The van der Waals surface area contributed by atoms with E-state index in [2.05, 4.69) is 241 Å². The van der Waals surface area contributed by atoms with E-state index >= 15 is 0 Å². The second-order valence-electron chi connectivity index (χ2n) is 15.3. The van der Waals surface area contributed by atoms with Gasteiger partial charge in [-0.1, -0.05) is 182 Å². The van der Waals surface area contributed by atoms with Crippen molar-refractivity contribution < 1.29 is 4.74 Å². The first-order valence-electron chi connectivity index (χ1n) is 20.5. The third-order valence-electron chi connectivity index (χ3n) is 11.7. The quantitative estimate of drug-likeness (QED) is 0.160. The molecule has 0 atom stereocenters. The summed E-state index contributed by atoms with van der Waals surface area (Å²) < 4.78 is 7.32. The standard InChI is InChI=1S/C58H39NO/c1-4-13-40(14-5-1)43-23-25-44(26-24-43)46-29-34-51(35-30-46)59(50-32-27-45(28-33-50)41-15-6-2-7-16-41)56-22-12-21-53-55-38-48-20-11-10-19-47(48)37-54(55)52-36-31-49(39-57(52)60-58(53)56)42-17-8-3-9-18-42/h1-39H. The predicted octanol–water partition coefficient (Wildman–Crippen LogP) is 16.4. The zero-order valence-electron chi connectivity index (χ0n) is 32.9. The molecule has 1 heterocycles. The van der Waals surface area contributed by atoms with Gasteiger partial charge in [0.25, 0.3) is 0 Å². The van der Waals surface area contributed by atoms with E-state index in [1.54, 1.807) is 0 Å². The van der Waals surface area contributed by atoms with Gasteiger partial charge in [0.15, 0.2) is 5.75 Å². The van der Waals surface area contributed by atoms with Crippen molar-refractivity contribution in [2.75, 3.05) is 4.90 Å². The van der Waals surface area contributed by atoms with Crippen molar-refractivity contribution in [3.8, 4) is 78.3 Å². The lowest BCUT2D eigenvalue weighted by molar-refractivity contribution is 0.489. The van der Waals surface area contributed by atoms with Crippen LogP contribution in [0.5, 0.6) is 11.5 Å². The molecule has 0 aliphatic carbocycles. The van der Waals surface area contributed by atoms with Gasteiger partial charge in [-0.15, -0.1) is 0 Å². The van der Waals surface area contributed by atoms with Crippen LogP contribution in [0.25, 0.3) is 77.5 Å². The Hall–Kier alpha value is -7.94. The van der Waals surface area contributed by atoms with E-state index in [1.165, 1.54) is 38.6 Å². The highest BCUT2D eigenvalue weighted by molar-refractivity contribution is 6.02. The summed E-state index contributed by atoms with van der Waals surface area (Å²) in [6, 6.07) is 84.7. The molecule has 1 aliphatic rings. The van der Waals surface area contributed by atoms with Crippen molar-refractivity contribution in [1.82, 2.24) is 0 Å². The first-order valence-corrected chi connectivity index (χ1v) is 20.5. The molecule has 0 amide bonds. The molecule has 11 rings (SSSR count). The van der Waals surface area contributed by atoms with E-state index in [1.807, 2.05) is 0 Å². The number of nitrogens with zero attached hydrogens (tertiary/aromatic N) is 1. The molecule has 0 bridgehead atoms. The fourth-order valence-corrected chi connectivity index (χ4v) is 8.61. The van der Waals surface area contributed by atoms with Gasteiger partial charge in [0, 0.05) is 22.5 Å². The molecule has 2 heteroatoms. The molecule has 0 spiro atoms. The van der Waals surface area contributed by atoms with Gasteiger partial charge in [0.1, 0.15) is 5.75 Å². The van der Waals surface area contributed by atoms with Gasteiger partial charge in [0.2, 0.25) is 0 Å². The summed E-state index contributed by atoms with van der Waals surface area (Å²) >= 11 is 0. The van der Waals surface area contributed by atoms with Crippen molar-refractivity contribution in [2.24, 2.45) is 0 Å². The Kier molecular flexibility index (Phi) is 8.87. The SMILES string of the molecule is c1ccc(-c2ccc(-c3ccc(N(c4ccc(-c5ccccc5)cc4)c4cccc5c4Oc4cc(-c6ccccc6)ccc4-c4cc6ccccc6cc4-5)cc3)cc2)cc1. The summed E-state index contributed by atoms with van der Waals surface area (Å²) in [4.78, 5) is 2.34. The number of anilines is 3. The molecule has 10 aromatic carbocycles. The van der Waals surface area contributed by atoms with Crippen molar-refractivity contribution in [2.45, 2.75) is 0 Å². The number of fused-ring (bicyclic) bond motifs is 6. The minimum absolute atomic E-state index is 0.811. The summed E-state index contributed by atoms with van der Waals surface area (Å²) in [7, 11) is 0. The summed E-state index contributed by atoms with van der Waals surface area (Å²) in [5.41, 5.74) is 16.8. The maximum absolute atomic E-state index is 7.32. The lowest BCUT2D eigenvalue weighted by Crippen LogP contribution is -2.11. The Bertz CT molecular complexity index is 3120. The summed E-state index contributed by atoms with van der Waals surface area (Å²) in [6.45, 7) is 0. The molecule has 10 aromatic rings. The van der Waals surface area contributed by atoms with Crippen LogP contribution in [0.3, 0.4) is 0 Å². The highest BCUT2D eigenvalue weighted by atomic mass is 16.5. The van der Waals surface area contributed by atoms with Crippen LogP contribution in [0.15, 0.2) is 237 Å². The minimum atomic E-state index is 0.811. The topological polar surface area (TPSA) is 12.5 Å². The van der Waals surface area contributed by atoms with Crippen molar-refractivity contribution in [1.29, 1.82) is 0 Å². The number of rotatable bonds is 7. The predicted molar refractivity (Wildman–Crippen MR) is 251 cm³/mol. The molecule has 60 heavy (non-hydrogen) atoms. The minimum Gasteiger partial charge on any atom is -0.454 e. The molecule has 0 unspecified atom stereocenters. The molecule has 0 saturated heterocycles. The summed E-state index contributed by atoms with van der Waals surface area (Å²) in [5.74, 6) is 1.64. The number of hydrogen-bond acceptors (Lipinski definition) is 2.